The van der Waals surface area contributed by atoms with E-state index in [0.717, 1.165) is 42.9 Å². The second-order valence-electron chi connectivity index (χ2n) is 5.58. The van der Waals surface area contributed by atoms with Crippen LogP contribution in [0.15, 0.2) is 11.1 Å². The van der Waals surface area contributed by atoms with Crippen molar-refractivity contribution in [3.63, 3.8) is 0 Å². The molecule has 2 aliphatic rings. The van der Waals surface area contributed by atoms with Crippen molar-refractivity contribution in [1.29, 1.82) is 0 Å². The summed E-state index contributed by atoms with van der Waals surface area (Å²) in [6, 6.07) is 2.45. The number of hydrogen-bond donors (Lipinski definition) is 2. The normalized spacial score (nSPS) is 20.8. The second kappa shape index (κ2) is 7.24. The first-order chi connectivity index (χ1) is 9.70. The van der Waals surface area contributed by atoms with E-state index in [4.69, 9.17) is 0 Å². The van der Waals surface area contributed by atoms with E-state index in [1.54, 1.807) is 0 Å². The summed E-state index contributed by atoms with van der Waals surface area (Å²) < 4.78 is 0. The zero-order chi connectivity index (χ0) is 13.9. The molecule has 3 rings (SSSR count). The molecule has 6 nitrogen and oxygen atoms in total. The molecule has 3 heterocycles. The van der Waals surface area contributed by atoms with Crippen LogP contribution in [0.1, 0.15) is 31.2 Å². The minimum atomic E-state index is 0. The number of nitrogens with zero attached hydrogens (tertiary/aromatic N) is 4. The van der Waals surface area contributed by atoms with Crippen LogP contribution in [0.2, 0.25) is 0 Å². The van der Waals surface area contributed by atoms with Crippen LogP contribution in [0.3, 0.4) is 0 Å². The van der Waals surface area contributed by atoms with Gasteiger partial charge in [-0.1, -0.05) is 0 Å². The molecular weight excluding hydrogens is 379 g/mol. The first-order valence-corrected chi connectivity index (χ1v) is 7.35. The highest BCUT2D eigenvalue weighted by molar-refractivity contribution is 14.0. The highest BCUT2D eigenvalue weighted by atomic mass is 127. The number of rotatable bonds is 3. The standard InChI is InChI=1S/C14H22N6.HI/c1-10-7-12(9-16-13-15-8-11(2)17-13)19-14(18-10)20-5-3-4-6-20;/h7,11H,3-6,8-9H2,1-2H3,(H2,15,16,17);1H. The maximum atomic E-state index is 4.67. The molecule has 2 aliphatic heterocycles. The molecule has 1 atom stereocenters. The third-order valence-corrected chi connectivity index (χ3v) is 3.63. The molecule has 116 valence electrons. The minimum absolute atomic E-state index is 0. The average Bonchev–Trinajstić information content (AvgIpc) is 3.07. The van der Waals surface area contributed by atoms with Crippen LogP contribution in [0.5, 0.6) is 0 Å². The van der Waals surface area contributed by atoms with Crippen molar-refractivity contribution in [1.82, 2.24) is 20.6 Å². The fourth-order valence-corrected chi connectivity index (χ4v) is 2.60. The number of guanidine groups is 1. The summed E-state index contributed by atoms with van der Waals surface area (Å²) in [4.78, 5) is 15.9. The lowest BCUT2D eigenvalue weighted by atomic mass is 10.3. The van der Waals surface area contributed by atoms with Crippen LogP contribution < -0.4 is 15.5 Å². The molecule has 1 saturated heterocycles. The van der Waals surface area contributed by atoms with Crippen LogP contribution in [-0.4, -0.2) is 41.6 Å². The number of aryl methyl sites for hydroxylation is 1. The van der Waals surface area contributed by atoms with Gasteiger partial charge in [0.25, 0.3) is 0 Å². The smallest absolute Gasteiger partial charge is 0.225 e. The number of nitrogens with one attached hydrogen (secondary N) is 2. The van der Waals surface area contributed by atoms with Crippen molar-refractivity contribution in [2.75, 3.05) is 24.5 Å². The Morgan fingerprint density at radius 3 is 2.76 bits per heavy atom. The summed E-state index contributed by atoms with van der Waals surface area (Å²) in [5, 5.41) is 6.60. The SMILES string of the molecule is Cc1cc(CNC2=NCC(C)N2)nc(N2CCCC2)n1.I. The van der Waals surface area contributed by atoms with Crippen molar-refractivity contribution in [3.8, 4) is 0 Å². The molecular formula is C14H23IN6. The molecule has 0 radical (unpaired) electrons. The molecule has 0 amide bonds. The van der Waals surface area contributed by atoms with Gasteiger partial charge in [0.1, 0.15) is 0 Å². The van der Waals surface area contributed by atoms with Gasteiger partial charge in [0.2, 0.25) is 5.95 Å². The first kappa shape index (κ1) is 16.3. The van der Waals surface area contributed by atoms with Gasteiger partial charge in [-0.05, 0) is 32.8 Å². The van der Waals surface area contributed by atoms with Crippen LogP contribution in [-0.2, 0) is 6.54 Å². The Morgan fingerprint density at radius 1 is 1.33 bits per heavy atom. The van der Waals surface area contributed by atoms with E-state index in [1.807, 2.05) is 13.0 Å². The highest BCUT2D eigenvalue weighted by Gasteiger charge is 2.16. The number of hydrogen-bond acceptors (Lipinski definition) is 6. The highest BCUT2D eigenvalue weighted by Crippen LogP contribution is 2.16. The maximum absolute atomic E-state index is 4.67. The van der Waals surface area contributed by atoms with Gasteiger partial charge in [-0.2, -0.15) is 0 Å². The summed E-state index contributed by atoms with van der Waals surface area (Å²) >= 11 is 0. The van der Waals surface area contributed by atoms with Gasteiger partial charge in [-0.25, -0.2) is 9.97 Å². The second-order valence-corrected chi connectivity index (χ2v) is 5.58. The molecule has 0 aromatic carbocycles. The summed E-state index contributed by atoms with van der Waals surface area (Å²) in [5.41, 5.74) is 2.04. The van der Waals surface area contributed by atoms with E-state index in [0.29, 0.717) is 12.6 Å². The largest absolute Gasteiger partial charge is 0.352 e. The number of aliphatic imine (C=N–C) groups is 1. The van der Waals surface area contributed by atoms with Gasteiger partial charge >= 0.3 is 0 Å². The van der Waals surface area contributed by atoms with Gasteiger partial charge < -0.3 is 15.5 Å². The zero-order valence-electron chi connectivity index (χ0n) is 12.6. The van der Waals surface area contributed by atoms with Crippen LogP contribution >= 0.6 is 24.0 Å². The molecule has 0 aliphatic carbocycles. The third kappa shape index (κ3) is 4.18. The molecule has 0 bridgehead atoms. The number of anilines is 1. The predicted octanol–water partition coefficient (Wildman–Crippen LogP) is 1.44. The molecule has 7 heteroatoms. The lowest BCUT2D eigenvalue weighted by Gasteiger charge is -2.17. The Balaban J connectivity index is 0.00000161. The van der Waals surface area contributed by atoms with E-state index in [9.17, 15) is 0 Å². The summed E-state index contributed by atoms with van der Waals surface area (Å²) in [6.07, 6.45) is 2.48. The summed E-state index contributed by atoms with van der Waals surface area (Å²) in [5.74, 6) is 1.74. The van der Waals surface area contributed by atoms with Gasteiger partial charge in [0.15, 0.2) is 5.96 Å². The third-order valence-electron chi connectivity index (χ3n) is 3.63. The van der Waals surface area contributed by atoms with Crippen molar-refractivity contribution in [2.24, 2.45) is 4.99 Å². The Labute approximate surface area is 142 Å². The maximum Gasteiger partial charge on any atom is 0.225 e. The molecule has 1 aromatic rings. The number of aromatic nitrogens is 2. The lowest BCUT2D eigenvalue weighted by molar-refractivity contribution is 0.711. The van der Waals surface area contributed by atoms with Gasteiger partial charge in [-0.15, -0.1) is 24.0 Å². The Bertz CT molecular complexity index is 512. The van der Waals surface area contributed by atoms with Gasteiger partial charge in [0, 0.05) is 24.8 Å². The fraction of sp³-hybridized carbons (Fsp3) is 0.643. The molecule has 2 N–H and O–H groups in total. The van der Waals surface area contributed by atoms with Gasteiger partial charge in [-0.3, -0.25) is 4.99 Å². The van der Waals surface area contributed by atoms with Crippen LogP contribution in [0, 0.1) is 6.92 Å². The minimum Gasteiger partial charge on any atom is -0.352 e. The average molecular weight is 402 g/mol. The van der Waals surface area contributed by atoms with E-state index in [-0.39, 0.29) is 24.0 Å². The lowest BCUT2D eigenvalue weighted by Crippen LogP contribution is -2.37. The quantitative estimate of drug-likeness (QED) is 0.750. The van der Waals surface area contributed by atoms with Crippen molar-refractivity contribution in [3.05, 3.63) is 17.5 Å². The monoisotopic (exact) mass is 402 g/mol. The first-order valence-electron chi connectivity index (χ1n) is 7.35. The van der Waals surface area contributed by atoms with E-state index < -0.39 is 0 Å². The van der Waals surface area contributed by atoms with E-state index >= 15 is 0 Å². The molecule has 21 heavy (non-hydrogen) atoms. The molecule has 1 aromatic heterocycles. The van der Waals surface area contributed by atoms with Gasteiger partial charge in [0.05, 0.1) is 18.8 Å². The van der Waals surface area contributed by atoms with Crippen LogP contribution in [0.4, 0.5) is 5.95 Å². The Morgan fingerprint density at radius 2 is 2.10 bits per heavy atom. The Hall–Kier alpha value is -1.12. The Kier molecular flexibility index (Phi) is 5.60. The molecule has 1 unspecified atom stereocenters. The van der Waals surface area contributed by atoms with Crippen molar-refractivity contribution < 1.29 is 0 Å². The molecule has 1 fully saturated rings. The topological polar surface area (TPSA) is 65.4 Å². The summed E-state index contributed by atoms with van der Waals surface area (Å²) in [7, 11) is 0. The van der Waals surface area contributed by atoms with Crippen molar-refractivity contribution in [2.45, 2.75) is 39.3 Å². The molecule has 0 spiro atoms. The zero-order valence-corrected chi connectivity index (χ0v) is 14.9. The van der Waals surface area contributed by atoms with Crippen molar-refractivity contribution >= 4 is 35.9 Å². The molecule has 0 saturated carbocycles. The predicted molar refractivity (Wildman–Crippen MR) is 95.4 cm³/mol. The van der Waals surface area contributed by atoms with Crippen LogP contribution in [0.25, 0.3) is 0 Å². The fourth-order valence-electron chi connectivity index (χ4n) is 2.60. The van der Waals surface area contributed by atoms with E-state index in [2.05, 4.69) is 37.4 Å². The number of halogens is 1. The summed E-state index contributed by atoms with van der Waals surface area (Å²) in [6.45, 7) is 7.81. The van der Waals surface area contributed by atoms with E-state index in [1.165, 1.54) is 12.8 Å².